The number of carbonyl (C=O) groups excluding carboxylic acids is 1. The molecule has 1 aliphatic heterocycles. The third kappa shape index (κ3) is 2.46. The number of fused-ring (bicyclic) bond motifs is 1. The van der Waals surface area contributed by atoms with Crippen molar-refractivity contribution in [3.8, 4) is 0 Å². The number of nitro groups is 1. The van der Waals surface area contributed by atoms with Crippen LogP contribution in [-0.2, 0) is 11.2 Å². The molecular formula is C12H13ClN2O3. The van der Waals surface area contributed by atoms with Crippen molar-refractivity contribution in [1.29, 1.82) is 0 Å². The van der Waals surface area contributed by atoms with Crippen LogP contribution in [0.4, 0.5) is 0 Å². The summed E-state index contributed by atoms with van der Waals surface area (Å²) in [7, 11) is 0. The van der Waals surface area contributed by atoms with E-state index in [-0.39, 0.29) is 23.3 Å². The first kappa shape index (κ1) is 12.8. The molecule has 0 radical (unpaired) electrons. The fraction of sp³-hybridized carbons (Fsp3) is 0.417. The summed E-state index contributed by atoms with van der Waals surface area (Å²) in [4.78, 5) is 23.6. The number of halogens is 1. The van der Waals surface area contributed by atoms with Crippen LogP contribution in [-0.4, -0.2) is 34.7 Å². The van der Waals surface area contributed by atoms with Crippen molar-refractivity contribution < 1.29 is 9.72 Å². The maximum atomic E-state index is 11.7. The topological polar surface area (TPSA) is 63.5 Å². The Kier molecular flexibility index (Phi) is 3.81. The number of carbonyl (C=O) groups is 1. The second kappa shape index (κ2) is 5.35. The van der Waals surface area contributed by atoms with Crippen molar-refractivity contribution in [2.75, 3.05) is 19.0 Å². The van der Waals surface area contributed by atoms with E-state index < -0.39 is 6.04 Å². The molecule has 0 aromatic heterocycles. The number of rotatable bonds is 3. The number of benzene rings is 1. The van der Waals surface area contributed by atoms with Gasteiger partial charge in [-0.15, -0.1) is 11.6 Å². The van der Waals surface area contributed by atoms with Gasteiger partial charge in [0, 0.05) is 11.5 Å². The monoisotopic (exact) mass is 268 g/mol. The summed E-state index contributed by atoms with van der Waals surface area (Å²) in [5.74, 6) is -0.394. The maximum absolute atomic E-state index is 11.7. The molecule has 0 bridgehead atoms. The fourth-order valence-corrected chi connectivity index (χ4v) is 2.52. The number of nitrogens with zero attached hydrogens (tertiary/aromatic N) is 2. The first-order valence-electron chi connectivity index (χ1n) is 5.68. The molecule has 0 N–H and O–H groups in total. The Morgan fingerprint density at radius 1 is 1.50 bits per heavy atom. The Morgan fingerprint density at radius 3 is 2.89 bits per heavy atom. The lowest BCUT2D eigenvalue weighted by Crippen LogP contribution is -2.43. The molecule has 18 heavy (non-hydrogen) atoms. The molecular weight excluding hydrogens is 256 g/mol. The minimum atomic E-state index is -0.504. The number of amides is 1. The molecule has 1 amide bonds. The van der Waals surface area contributed by atoms with Gasteiger partial charge in [0.2, 0.25) is 12.5 Å². The van der Waals surface area contributed by atoms with Gasteiger partial charge >= 0.3 is 0 Å². The van der Waals surface area contributed by atoms with Crippen LogP contribution in [0.5, 0.6) is 0 Å². The van der Waals surface area contributed by atoms with Crippen molar-refractivity contribution >= 4 is 17.5 Å². The van der Waals surface area contributed by atoms with Crippen molar-refractivity contribution in [3.63, 3.8) is 0 Å². The van der Waals surface area contributed by atoms with Gasteiger partial charge in [-0.2, -0.15) is 0 Å². The zero-order valence-corrected chi connectivity index (χ0v) is 10.5. The van der Waals surface area contributed by atoms with E-state index in [1.807, 2.05) is 24.3 Å². The Morgan fingerprint density at radius 2 is 2.22 bits per heavy atom. The Balaban J connectivity index is 2.36. The number of hydrogen-bond acceptors (Lipinski definition) is 3. The van der Waals surface area contributed by atoms with Crippen LogP contribution in [0.2, 0.25) is 0 Å². The van der Waals surface area contributed by atoms with Gasteiger partial charge in [-0.05, 0) is 17.5 Å². The minimum Gasteiger partial charge on any atom is -0.328 e. The van der Waals surface area contributed by atoms with Crippen LogP contribution >= 0.6 is 11.6 Å². The molecule has 5 nitrogen and oxygen atoms in total. The summed E-state index contributed by atoms with van der Waals surface area (Å²) in [5.41, 5.74) is 1.93. The predicted molar refractivity (Wildman–Crippen MR) is 67.2 cm³/mol. The Bertz CT molecular complexity index is 478. The van der Waals surface area contributed by atoms with Crippen molar-refractivity contribution in [2.45, 2.75) is 12.5 Å². The normalized spacial score (nSPS) is 18.3. The van der Waals surface area contributed by atoms with Crippen LogP contribution in [0.1, 0.15) is 17.2 Å². The molecule has 0 fully saturated rings. The Hall–Kier alpha value is -1.62. The molecule has 1 aromatic rings. The largest absolute Gasteiger partial charge is 0.328 e. The zero-order chi connectivity index (χ0) is 13.1. The maximum Gasteiger partial charge on any atom is 0.238 e. The van der Waals surface area contributed by atoms with E-state index in [4.69, 9.17) is 11.6 Å². The molecule has 1 aromatic carbocycles. The highest BCUT2D eigenvalue weighted by molar-refractivity contribution is 6.27. The fourth-order valence-electron chi connectivity index (χ4n) is 2.36. The number of alkyl halides is 1. The highest BCUT2D eigenvalue weighted by Gasteiger charge is 2.33. The van der Waals surface area contributed by atoms with E-state index in [1.54, 1.807) is 0 Å². The molecule has 0 spiro atoms. The molecule has 2 rings (SSSR count). The van der Waals surface area contributed by atoms with Crippen molar-refractivity contribution in [2.24, 2.45) is 0 Å². The summed E-state index contributed by atoms with van der Waals surface area (Å²) in [6.45, 7) is 0.209. The summed E-state index contributed by atoms with van der Waals surface area (Å²) >= 11 is 5.55. The third-order valence-electron chi connectivity index (χ3n) is 3.17. The number of hydrogen-bond donors (Lipinski definition) is 0. The van der Waals surface area contributed by atoms with Crippen LogP contribution in [0.3, 0.4) is 0 Å². The molecule has 96 valence electrons. The van der Waals surface area contributed by atoms with Gasteiger partial charge in [0.15, 0.2) is 0 Å². The van der Waals surface area contributed by atoms with Crippen LogP contribution in [0.15, 0.2) is 24.3 Å². The lowest BCUT2D eigenvalue weighted by molar-refractivity contribution is -0.487. The average Bonchev–Trinajstić information content (AvgIpc) is 2.37. The smallest absolute Gasteiger partial charge is 0.238 e. The van der Waals surface area contributed by atoms with Gasteiger partial charge < -0.3 is 4.90 Å². The van der Waals surface area contributed by atoms with E-state index in [1.165, 1.54) is 4.90 Å². The zero-order valence-electron chi connectivity index (χ0n) is 9.71. The SMILES string of the molecule is O=C(CCl)N1CCc2ccccc2[C@H]1C[N+](=O)[O-]. The molecule has 0 aliphatic carbocycles. The lowest BCUT2D eigenvalue weighted by atomic mass is 9.92. The third-order valence-corrected chi connectivity index (χ3v) is 3.40. The lowest BCUT2D eigenvalue weighted by Gasteiger charge is -2.34. The van der Waals surface area contributed by atoms with Gasteiger partial charge in [-0.3, -0.25) is 14.9 Å². The second-order valence-corrected chi connectivity index (χ2v) is 4.47. The molecule has 1 heterocycles. The predicted octanol–water partition coefficient (Wildman–Crippen LogP) is 1.63. The molecule has 0 saturated carbocycles. The molecule has 1 aliphatic rings. The van der Waals surface area contributed by atoms with Crippen LogP contribution < -0.4 is 0 Å². The van der Waals surface area contributed by atoms with E-state index in [2.05, 4.69) is 0 Å². The van der Waals surface area contributed by atoms with E-state index in [9.17, 15) is 14.9 Å². The highest BCUT2D eigenvalue weighted by atomic mass is 35.5. The van der Waals surface area contributed by atoms with Gasteiger partial charge in [0.1, 0.15) is 11.9 Å². The first-order chi connectivity index (χ1) is 8.63. The van der Waals surface area contributed by atoms with E-state index in [0.29, 0.717) is 13.0 Å². The highest BCUT2D eigenvalue weighted by Crippen LogP contribution is 2.29. The minimum absolute atomic E-state index is 0.142. The van der Waals surface area contributed by atoms with Crippen molar-refractivity contribution in [3.05, 3.63) is 45.5 Å². The second-order valence-electron chi connectivity index (χ2n) is 4.20. The summed E-state index contributed by atoms with van der Waals surface area (Å²) in [6.07, 6.45) is 0.715. The average molecular weight is 269 g/mol. The first-order valence-corrected chi connectivity index (χ1v) is 6.22. The summed E-state index contributed by atoms with van der Waals surface area (Å²) < 4.78 is 0. The van der Waals surface area contributed by atoms with Crippen LogP contribution in [0, 0.1) is 10.1 Å². The Labute approximate surface area is 109 Å². The van der Waals surface area contributed by atoms with Gasteiger partial charge in [0.25, 0.3) is 0 Å². The van der Waals surface area contributed by atoms with Gasteiger partial charge in [-0.1, -0.05) is 24.3 Å². The molecule has 6 heteroatoms. The van der Waals surface area contributed by atoms with Gasteiger partial charge in [0.05, 0.1) is 0 Å². The standard InChI is InChI=1S/C12H13ClN2O3/c13-7-12(16)14-6-5-9-3-1-2-4-10(9)11(14)8-15(17)18/h1-4,11H,5-8H2/t11-/m1/s1. The van der Waals surface area contributed by atoms with Crippen LogP contribution in [0.25, 0.3) is 0 Å². The molecule has 0 unspecified atom stereocenters. The van der Waals surface area contributed by atoms with E-state index >= 15 is 0 Å². The van der Waals surface area contributed by atoms with Crippen molar-refractivity contribution in [1.82, 2.24) is 4.90 Å². The van der Waals surface area contributed by atoms with Gasteiger partial charge in [-0.25, -0.2) is 0 Å². The summed E-state index contributed by atoms with van der Waals surface area (Å²) in [5, 5.41) is 10.8. The quantitative estimate of drug-likeness (QED) is 0.475. The van der Waals surface area contributed by atoms with E-state index in [0.717, 1.165) is 11.1 Å². The molecule has 1 atom stereocenters. The molecule has 0 saturated heterocycles. The summed E-state index contributed by atoms with van der Waals surface area (Å²) in [6, 6.07) is 7.03.